The molecule has 0 unspecified atom stereocenters. The van der Waals surface area contributed by atoms with E-state index in [4.69, 9.17) is 9.47 Å². The fraction of sp³-hybridized carbons (Fsp3) is 0.636. The molecule has 0 aliphatic carbocycles. The van der Waals surface area contributed by atoms with E-state index >= 15 is 0 Å². The molecule has 1 aromatic rings. The second kappa shape index (κ2) is 15.1. The van der Waals surface area contributed by atoms with Gasteiger partial charge >= 0.3 is 11.9 Å². The molecule has 0 N–H and O–H groups in total. The number of carbonyl (C=O) groups excluding carboxylic acids is 2. The Morgan fingerprint density at radius 3 is 1.57 bits per heavy atom. The van der Waals surface area contributed by atoms with Crippen LogP contribution in [0.5, 0.6) is 0 Å². The molecule has 1 aliphatic rings. The van der Waals surface area contributed by atoms with Gasteiger partial charge in [-0.05, 0) is 24.8 Å². The first kappa shape index (κ1) is 24.1. The fourth-order valence-corrected chi connectivity index (χ4v) is 2.96. The number of hydrogen-bond donors (Lipinski definition) is 0. The Bertz CT molecular complexity index is 513. The highest BCUT2D eigenvalue weighted by molar-refractivity contribution is 5.66. The molecular formula is C22H36N2O4. The molecule has 1 aliphatic heterocycles. The van der Waals surface area contributed by atoms with Crippen molar-refractivity contribution < 1.29 is 19.1 Å². The Balaban J connectivity index is 0.000000406. The summed E-state index contributed by atoms with van der Waals surface area (Å²) < 4.78 is 9.84. The van der Waals surface area contributed by atoms with Crippen molar-refractivity contribution in [2.45, 2.75) is 40.0 Å². The molecule has 0 saturated carbocycles. The molecule has 0 radical (unpaired) electrons. The van der Waals surface area contributed by atoms with E-state index in [2.05, 4.69) is 41.0 Å². The molecule has 1 heterocycles. The molecule has 0 bridgehead atoms. The van der Waals surface area contributed by atoms with Crippen LogP contribution in [0.4, 0.5) is 0 Å². The monoisotopic (exact) mass is 392 g/mol. The first-order valence-electron chi connectivity index (χ1n) is 10.3. The van der Waals surface area contributed by atoms with Gasteiger partial charge in [-0.1, -0.05) is 37.3 Å². The van der Waals surface area contributed by atoms with Gasteiger partial charge in [0.05, 0.1) is 13.2 Å². The third-order valence-corrected chi connectivity index (χ3v) is 4.56. The number of piperazine rings is 1. The zero-order valence-electron chi connectivity index (χ0n) is 17.7. The number of benzene rings is 1. The highest BCUT2D eigenvalue weighted by atomic mass is 16.5. The van der Waals surface area contributed by atoms with Crippen LogP contribution in [0.1, 0.15) is 39.2 Å². The van der Waals surface area contributed by atoms with E-state index in [1.165, 1.54) is 19.4 Å². The predicted molar refractivity (Wildman–Crippen MR) is 111 cm³/mol. The highest BCUT2D eigenvalue weighted by Crippen LogP contribution is 2.03. The Morgan fingerprint density at radius 1 is 0.821 bits per heavy atom. The Hall–Kier alpha value is -1.92. The standard InChI is InChI=1S/C14H26N2O4.C8H10/c1-13(17)19-11-3-5-15-7-9-16(10-8-15)6-4-12-20-14(2)18;1-2-8-6-4-3-5-7-8/h3-12H2,1-2H3;3-7H,2H2,1H3. The predicted octanol–water partition coefficient (Wildman–Crippen LogP) is 2.76. The van der Waals surface area contributed by atoms with E-state index in [1.54, 1.807) is 0 Å². The molecule has 6 nitrogen and oxygen atoms in total. The average molecular weight is 393 g/mol. The van der Waals surface area contributed by atoms with Crippen LogP contribution in [0.3, 0.4) is 0 Å². The minimum atomic E-state index is -0.206. The van der Waals surface area contributed by atoms with Crippen LogP contribution in [-0.4, -0.2) is 74.2 Å². The summed E-state index contributed by atoms with van der Waals surface area (Å²) in [6.07, 6.45) is 2.93. The van der Waals surface area contributed by atoms with Gasteiger partial charge in [0.15, 0.2) is 0 Å². The second-order valence-electron chi connectivity index (χ2n) is 6.91. The molecule has 158 valence electrons. The molecule has 1 saturated heterocycles. The summed E-state index contributed by atoms with van der Waals surface area (Å²) in [6.45, 7) is 12.2. The van der Waals surface area contributed by atoms with Crippen LogP contribution in [0.25, 0.3) is 0 Å². The van der Waals surface area contributed by atoms with Gasteiger partial charge in [0.25, 0.3) is 0 Å². The van der Waals surface area contributed by atoms with Gasteiger partial charge in [0.2, 0.25) is 0 Å². The van der Waals surface area contributed by atoms with Crippen molar-refractivity contribution in [2.75, 3.05) is 52.5 Å². The molecule has 1 fully saturated rings. The molecule has 0 atom stereocenters. The van der Waals surface area contributed by atoms with E-state index in [1.807, 2.05) is 6.07 Å². The minimum Gasteiger partial charge on any atom is -0.466 e. The molecule has 0 amide bonds. The third-order valence-electron chi connectivity index (χ3n) is 4.56. The maximum absolute atomic E-state index is 10.6. The lowest BCUT2D eigenvalue weighted by Crippen LogP contribution is -2.47. The smallest absolute Gasteiger partial charge is 0.302 e. The summed E-state index contributed by atoms with van der Waals surface area (Å²) in [5, 5.41) is 0. The van der Waals surface area contributed by atoms with Gasteiger partial charge in [-0.2, -0.15) is 0 Å². The van der Waals surface area contributed by atoms with Crippen molar-refractivity contribution in [2.24, 2.45) is 0 Å². The molecular weight excluding hydrogens is 356 g/mol. The summed E-state index contributed by atoms with van der Waals surface area (Å²) in [4.78, 5) is 26.1. The maximum atomic E-state index is 10.6. The van der Waals surface area contributed by atoms with Crippen molar-refractivity contribution in [1.82, 2.24) is 9.80 Å². The minimum absolute atomic E-state index is 0.206. The van der Waals surface area contributed by atoms with Gasteiger partial charge < -0.3 is 19.3 Å². The van der Waals surface area contributed by atoms with Crippen LogP contribution < -0.4 is 0 Å². The van der Waals surface area contributed by atoms with Crippen LogP contribution in [0, 0.1) is 0 Å². The SMILES string of the molecule is CC(=O)OCCCN1CCN(CCCOC(C)=O)CC1.CCc1ccccc1. The molecule has 28 heavy (non-hydrogen) atoms. The number of carbonyl (C=O) groups is 2. The second-order valence-corrected chi connectivity index (χ2v) is 6.91. The Morgan fingerprint density at radius 2 is 1.25 bits per heavy atom. The summed E-state index contributed by atoms with van der Waals surface area (Å²) in [5.41, 5.74) is 1.41. The average Bonchev–Trinajstić information content (AvgIpc) is 2.70. The summed E-state index contributed by atoms with van der Waals surface area (Å²) in [7, 11) is 0. The number of nitrogens with zero attached hydrogens (tertiary/aromatic N) is 2. The van der Waals surface area contributed by atoms with Crippen LogP contribution in [0.15, 0.2) is 30.3 Å². The van der Waals surface area contributed by atoms with Gasteiger partial charge in [0.1, 0.15) is 0 Å². The maximum Gasteiger partial charge on any atom is 0.302 e. The summed E-state index contributed by atoms with van der Waals surface area (Å²) >= 11 is 0. The summed E-state index contributed by atoms with van der Waals surface area (Å²) in [6, 6.07) is 10.5. The lowest BCUT2D eigenvalue weighted by molar-refractivity contribution is -0.142. The lowest BCUT2D eigenvalue weighted by Gasteiger charge is -2.34. The topological polar surface area (TPSA) is 59.1 Å². The number of hydrogen-bond acceptors (Lipinski definition) is 6. The zero-order chi connectivity index (χ0) is 20.6. The fourth-order valence-electron chi connectivity index (χ4n) is 2.96. The van der Waals surface area contributed by atoms with Gasteiger partial charge in [-0.3, -0.25) is 9.59 Å². The van der Waals surface area contributed by atoms with Crippen molar-refractivity contribution in [1.29, 1.82) is 0 Å². The van der Waals surface area contributed by atoms with Crippen molar-refractivity contribution >= 4 is 11.9 Å². The van der Waals surface area contributed by atoms with Crippen molar-refractivity contribution in [3.8, 4) is 0 Å². The quantitative estimate of drug-likeness (QED) is 0.476. The number of aryl methyl sites for hydroxylation is 1. The molecule has 6 heteroatoms. The Kier molecular flexibility index (Phi) is 13.0. The van der Waals surface area contributed by atoms with E-state index in [0.717, 1.165) is 58.5 Å². The van der Waals surface area contributed by atoms with Gasteiger partial charge in [-0.15, -0.1) is 0 Å². The van der Waals surface area contributed by atoms with E-state index in [-0.39, 0.29) is 11.9 Å². The van der Waals surface area contributed by atoms with Crippen molar-refractivity contribution in [3.63, 3.8) is 0 Å². The molecule has 1 aromatic carbocycles. The molecule has 2 rings (SSSR count). The molecule has 0 spiro atoms. The highest BCUT2D eigenvalue weighted by Gasteiger charge is 2.16. The third kappa shape index (κ3) is 12.5. The Labute approximate surface area is 169 Å². The van der Waals surface area contributed by atoms with Gasteiger partial charge in [-0.25, -0.2) is 0 Å². The van der Waals surface area contributed by atoms with E-state index in [0.29, 0.717) is 13.2 Å². The first-order chi connectivity index (χ1) is 13.5. The number of rotatable bonds is 9. The van der Waals surface area contributed by atoms with Crippen LogP contribution >= 0.6 is 0 Å². The number of esters is 2. The van der Waals surface area contributed by atoms with Crippen molar-refractivity contribution in [3.05, 3.63) is 35.9 Å². The number of ether oxygens (including phenoxy) is 2. The van der Waals surface area contributed by atoms with Gasteiger partial charge in [0, 0.05) is 53.1 Å². The molecule has 0 aromatic heterocycles. The van der Waals surface area contributed by atoms with E-state index in [9.17, 15) is 9.59 Å². The normalized spacial score (nSPS) is 14.7. The van der Waals surface area contributed by atoms with Crippen LogP contribution in [0.2, 0.25) is 0 Å². The summed E-state index contributed by atoms with van der Waals surface area (Å²) in [5.74, 6) is -0.412. The lowest BCUT2D eigenvalue weighted by atomic mass is 10.2. The largest absolute Gasteiger partial charge is 0.466 e. The van der Waals surface area contributed by atoms with E-state index < -0.39 is 0 Å². The van der Waals surface area contributed by atoms with Crippen LogP contribution in [-0.2, 0) is 25.5 Å². The zero-order valence-corrected chi connectivity index (χ0v) is 17.7. The first-order valence-corrected chi connectivity index (χ1v) is 10.3.